The smallest absolute Gasteiger partial charge is 0.255 e. The summed E-state index contributed by atoms with van der Waals surface area (Å²) in [5.74, 6) is 0.00826. The lowest BCUT2D eigenvalue weighted by Crippen LogP contribution is -2.43. The highest BCUT2D eigenvalue weighted by molar-refractivity contribution is 5.60. The van der Waals surface area contributed by atoms with Crippen molar-refractivity contribution in [1.29, 1.82) is 0 Å². The van der Waals surface area contributed by atoms with E-state index in [0.29, 0.717) is 31.3 Å². The van der Waals surface area contributed by atoms with E-state index in [0.717, 1.165) is 30.9 Å². The molecule has 1 atom stereocenters. The van der Waals surface area contributed by atoms with Crippen LogP contribution in [0.25, 0.3) is 11.3 Å². The third-order valence-electron chi connectivity index (χ3n) is 8.26. The maximum Gasteiger partial charge on any atom is 0.255 e. The van der Waals surface area contributed by atoms with Crippen LogP contribution >= 0.6 is 0 Å². The van der Waals surface area contributed by atoms with Crippen LogP contribution in [0.15, 0.2) is 53.6 Å². The van der Waals surface area contributed by atoms with Gasteiger partial charge in [-0.2, -0.15) is 0 Å². The van der Waals surface area contributed by atoms with E-state index in [2.05, 4.69) is 48.9 Å². The van der Waals surface area contributed by atoms with Gasteiger partial charge in [-0.3, -0.25) is 14.3 Å². The third-order valence-corrected chi connectivity index (χ3v) is 8.26. The first-order chi connectivity index (χ1) is 18.6. The van der Waals surface area contributed by atoms with Crippen molar-refractivity contribution < 1.29 is 9.13 Å². The summed E-state index contributed by atoms with van der Waals surface area (Å²) >= 11 is 0. The fourth-order valence-corrected chi connectivity index (χ4v) is 6.06. The Labute approximate surface area is 222 Å². The number of hydrogen-bond donors (Lipinski definition) is 0. The molecule has 200 valence electrons. The highest BCUT2D eigenvalue weighted by Crippen LogP contribution is 2.30. The van der Waals surface area contributed by atoms with Gasteiger partial charge in [-0.25, -0.2) is 9.37 Å². The molecule has 3 aromatic rings. The van der Waals surface area contributed by atoms with Crippen LogP contribution in [0.1, 0.15) is 37.4 Å². The molecule has 3 saturated heterocycles. The molecule has 0 N–H and O–H groups in total. The SMILES string of the molecule is Cn1c(N2CCOC(c3ccc(N4CCC(N5CCCC5)CC4)cc3)C2)nc(-c2ccncc2F)cc1=O. The summed E-state index contributed by atoms with van der Waals surface area (Å²) in [7, 11) is 1.70. The van der Waals surface area contributed by atoms with Crippen LogP contribution < -0.4 is 15.4 Å². The minimum absolute atomic E-state index is 0.142. The van der Waals surface area contributed by atoms with Gasteiger partial charge in [0.1, 0.15) is 6.10 Å². The fraction of sp³-hybridized carbons (Fsp3) is 0.483. The van der Waals surface area contributed by atoms with Crippen LogP contribution in [0.4, 0.5) is 16.0 Å². The second-order valence-corrected chi connectivity index (χ2v) is 10.6. The second-order valence-electron chi connectivity index (χ2n) is 10.6. The van der Waals surface area contributed by atoms with Crippen molar-refractivity contribution in [2.75, 3.05) is 55.7 Å². The molecule has 3 aliphatic rings. The zero-order chi connectivity index (χ0) is 26.1. The van der Waals surface area contributed by atoms with Gasteiger partial charge in [0.15, 0.2) is 5.82 Å². The van der Waals surface area contributed by atoms with E-state index in [-0.39, 0.29) is 17.2 Å². The van der Waals surface area contributed by atoms with Crippen molar-refractivity contribution >= 4 is 11.6 Å². The number of nitrogens with zero attached hydrogens (tertiary/aromatic N) is 6. The maximum atomic E-state index is 14.4. The van der Waals surface area contributed by atoms with Crippen LogP contribution in [0.2, 0.25) is 0 Å². The normalized spacial score (nSPS) is 21.3. The van der Waals surface area contributed by atoms with E-state index in [9.17, 15) is 9.18 Å². The zero-order valence-corrected chi connectivity index (χ0v) is 21.9. The van der Waals surface area contributed by atoms with Crippen molar-refractivity contribution in [3.8, 4) is 11.3 Å². The van der Waals surface area contributed by atoms with Crippen LogP contribution in [0.5, 0.6) is 0 Å². The van der Waals surface area contributed by atoms with Gasteiger partial charge in [0.25, 0.3) is 5.56 Å². The average molecular weight is 519 g/mol. The Balaban J connectivity index is 1.15. The molecule has 1 aromatic carbocycles. The number of hydrogen-bond acceptors (Lipinski definition) is 7. The Kier molecular flexibility index (Phi) is 7.12. The van der Waals surface area contributed by atoms with E-state index < -0.39 is 5.82 Å². The van der Waals surface area contributed by atoms with E-state index >= 15 is 0 Å². The summed E-state index contributed by atoms with van der Waals surface area (Å²) in [5.41, 5.74) is 2.71. The van der Waals surface area contributed by atoms with Crippen molar-refractivity contribution in [3.63, 3.8) is 0 Å². The minimum Gasteiger partial charge on any atom is -0.371 e. The molecule has 0 saturated carbocycles. The summed E-state index contributed by atoms with van der Waals surface area (Å²) in [4.78, 5) is 28.5. The first-order valence-electron chi connectivity index (χ1n) is 13.7. The number of aromatic nitrogens is 3. The Hall–Kier alpha value is -3.30. The van der Waals surface area contributed by atoms with E-state index in [4.69, 9.17) is 4.74 Å². The number of benzene rings is 1. The molecule has 1 unspecified atom stereocenters. The van der Waals surface area contributed by atoms with Crippen molar-refractivity contribution in [2.24, 2.45) is 7.05 Å². The van der Waals surface area contributed by atoms with Crippen molar-refractivity contribution in [2.45, 2.75) is 37.8 Å². The largest absolute Gasteiger partial charge is 0.371 e. The van der Waals surface area contributed by atoms with Crippen molar-refractivity contribution in [1.82, 2.24) is 19.4 Å². The number of piperidine rings is 1. The number of pyridine rings is 1. The van der Waals surface area contributed by atoms with Crippen LogP contribution in [0.3, 0.4) is 0 Å². The molecule has 0 amide bonds. The molecule has 5 heterocycles. The quantitative estimate of drug-likeness (QED) is 0.511. The monoisotopic (exact) mass is 518 g/mol. The molecule has 8 nitrogen and oxygen atoms in total. The molecule has 38 heavy (non-hydrogen) atoms. The fourth-order valence-electron chi connectivity index (χ4n) is 6.06. The number of likely N-dealkylation sites (tertiary alicyclic amines) is 1. The Morgan fingerprint density at radius 3 is 2.47 bits per heavy atom. The average Bonchev–Trinajstić information content (AvgIpc) is 3.50. The maximum absolute atomic E-state index is 14.4. The summed E-state index contributed by atoms with van der Waals surface area (Å²) in [6.07, 6.45) is 7.66. The summed E-state index contributed by atoms with van der Waals surface area (Å²) in [5, 5.41) is 0. The van der Waals surface area contributed by atoms with E-state index in [1.54, 1.807) is 13.1 Å². The Morgan fingerprint density at radius 1 is 0.974 bits per heavy atom. The molecule has 6 rings (SSSR count). The van der Waals surface area contributed by atoms with E-state index in [1.165, 1.54) is 61.3 Å². The topological polar surface area (TPSA) is 66.7 Å². The predicted octanol–water partition coefficient (Wildman–Crippen LogP) is 3.62. The lowest BCUT2D eigenvalue weighted by molar-refractivity contribution is 0.0390. The first kappa shape index (κ1) is 25.0. The van der Waals surface area contributed by atoms with Gasteiger partial charge in [0, 0.05) is 56.2 Å². The molecule has 9 heteroatoms. The molecular weight excluding hydrogens is 483 g/mol. The van der Waals surface area contributed by atoms with E-state index in [1.807, 2.05) is 0 Å². The molecular formula is C29H35FN6O2. The first-order valence-corrected chi connectivity index (χ1v) is 13.7. The Bertz CT molecular complexity index is 1320. The Morgan fingerprint density at radius 2 is 1.74 bits per heavy atom. The number of anilines is 2. The molecule has 3 aliphatic heterocycles. The van der Waals surface area contributed by atoms with Gasteiger partial charge in [-0.1, -0.05) is 12.1 Å². The van der Waals surface area contributed by atoms with Gasteiger partial charge >= 0.3 is 0 Å². The van der Waals surface area contributed by atoms with Gasteiger partial charge in [-0.15, -0.1) is 0 Å². The summed E-state index contributed by atoms with van der Waals surface area (Å²) in [6, 6.07) is 12.4. The number of ether oxygens (including phenoxy) is 1. The summed E-state index contributed by atoms with van der Waals surface area (Å²) < 4.78 is 22.0. The molecule has 0 spiro atoms. The number of halogens is 1. The molecule has 0 radical (unpaired) electrons. The summed E-state index contributed by atoms with van der Waals surface area (Å²) in [6.45, 7) is 6.41. The highest BCUT2D eigenvalue weighted by Gasteiger charge is 2.28. The van der Waals surface area contributed by atoms with Gasteiger partial charge in [0.05, 0.1) is 25.0 Å². The predicted molar refractivity (Wildman–Crippen MR) is 146 cm³/mol. The molecule has 3 fully saturated rings. The third kappa shape index (κ3) is 5.05. The van der Waals surface area contributed by atoms with Gasteiger partial charge < -0.3 is 19.4 Å². The molecule has 2 aromatic heterocycles. The lowest BCUT2D eigenvalue weighted by Gasteiger charge is -2.38. The minimum atomic E-state index is -0.501. The van der Waals surface area contributed by atoms with Gasteiger partial charge in [0.2, 0.25) is 5.95 Å². The van der Waals surface area contributed by atoms with Crippen LogP contribution in [-0.2, 0) is 11.8 Å². The number of morpholine rings is 1. The second kappa shape index (κ2) is 10.8. The lowest BCUT2D eigenvalue weighted by atomic mass is 10.0. The highest BCUT2D eigenvalue weighted by atomic mass is 19.1. The van der Waals surface area contributed by atoms with Crippen LogP contribution in [0, 0.1) is 5.82 Å². The standard InChI is InChI=1S/C29H35FN6O2/c1-33-28(37)18-26(24-8-11-31-19-25(24)30)32-29(33)36-16-17-38-27(20-36)21-4-6-22(7-5-21)35-14-9-23(10-15-35)34-12-2-3-13-34/h4-8,11,18-19,23,27H,2-3,9-10,12-17,20H2,1H3. The molecule has 0 aliphatic carbocycles. The zero-order valence-electron chi connectivity index (χ0n) is 21.9. The van der Waals surface area contributed by atoms with Crippen LogP contribution in [-0.4, -0.2) is 71.4 Å². The molecule has 0 bridgehead atoms. The number of rotatable bonds is 5. The van der Waals surface area contributed by atoms with Gasteiger partial charge in [-0.05, 0) is 62.5 Å². The van der Waals surface area contributed by atoms with Crippen molar-refractivity contribution in [3.05, 3.63) is 70.5 Å².